The van der Waals surface area contributed by atoms with Gasteiger partial charge in [0.15, 0.2) is 0 Å². The van der Waals surface area contributed by atoms with E-state index in [0.29, 0.717) is 10.6 Å². The normalized spacial score (nSPS) is 13.0. The summed E-state index contributed by atoms with van der Waals surface area (Å²) in [5.74, 6) is -0.428. The first-order chi connectivity index (χ1) is 12.4. The van der Waals surface area contributed by atoms with E-state index in [2.05, 4.69) is 10.3 Å². The van der Waals surface area contributed by atoms with Crippen molar-refractivity contribution in [1.82, 2.24) is 4.98 Å². The number of anilines is 2. The van der Waals surface area contributed by atoms with Crippen molar-refractivity contribution in [1.29, 1.82) is 0 Å². The minimum Gasteiger partial charge on any atom is -0.397 e. The van der Waals surface area contributed by atoms with Gasteiger partial charge in [-0.05, 0) is 43.0 Å². The number of nitrogen functional groups attached to an aromatic ring is 1. The lowest BCUT2D eigenvalue weighted by molar-refractivity contribution is -0.384. The van der Waals surface area contributed by atoms with Crippen LogP contribution < -0.4 is 11.1 Å². The number of nitrogens with zero attached hydrogens (tertiary/aromatic N) is 2. The molecular formula is C17H13ClN4O3S. The number of carbonyl (C=O) groups is 1. The lowest BCUT2D eigenvalue weighted by atomic mass is 10.1. The van der Waals surface area contributed by atoms with Gasteiger partial charge in [0.25, 0.3) is 11.6 Å². The van der Waals surface area contributed by atoms with E-state index in [1.54, 1.807) is 0 Å². The number of aryl methyl sites for hydroxylation is 2. The van der Waals surface area contributed by atoms with Crippen LogP contribution in [0.5, 0.6) is 0 Å². The van der Waals surface area contributed by atoms with Crippen molar-refractivity contribution >= 4 is 56.1 Å². The Balaban J connectivity index is 1.68. The Labute approximate surface area is 156 Å². The van der Waals surface area contributed by atoms with Gasteiger partial charge in [0.1, 0.15) is 14.7 Å². The van der Waals surface area contributed by atoms with Gasteiger partial charge in [-0.15, -0.1) is 11.3 Å². The van der Waals surface area contributed by atoms with E-state index in [1.807, 2.05) is 6.07 Å². The van der Waals surface area contributed by atoms with Crippen molar-refractivity contribution in [2.75, 3.05) is 11.1 Å². The van der Waals surface area contributed by atoms with Crippen molar-refractivity contribution in [2.24, 2.45) is 0 Å². The number of rotatable bonds is 3. The highest BCUT2D eigenvalue weighted by molar-refractivity contribution is 7.21. The maximum absolute atomic E-state index is 12.6. The topological polar surface area (TPSA) is 111 Å². The Morgan fingerprint density at radius 2 is 2.15 bits per heavy atom. The number of pyridine rings is 1. The Morgan fingerprint density at radius 1 is 1.35 bits per heavy atom. The number of aromatic nitrogens is 1. The van der Waals surface area contributed by atoms with Crippen LogP contribution >= 0.6 is 22.9 Å². The summed E-state index contributed by atoms with van der Waals surface area (Å²) in [6.45, 7) is 0. The third-order valence-corrected chi connectivity index (χ3v) is 5.79. The fraction of sp³-hybridized carbons (Fsp3) is 0.176. The van der Waals surface area contributed by atoms with Crippen LogP contribution in [0.15, 0.2) is 24.3 Å². The zero-order chi connectivity index (χ0) is 18.4. The molecule has 1 amide bonds. The van der Waals surface area contributed by atoms with Crippen LogP contribution in [0.2, 0.25) is 5.02 Å². The van der Waals surface area contributed by atoms with Gasteiger partial charge in [-0.2, -0.15) is 0 Å². The molecule has 1 aliphatic carbocycles. The van der Waals surface area contributed by atoms with E-state index in [-0.39, 0.29) is 16.4 Å². The molecule has 1 aromatic carbocycles. The SMILES string of the molecule is Nc1c(C(=O)Nc2ccc(Cl)c([N+](=O)[O-])c2)sc2nc3c(cc12)CCC3. The predicted octanol–water partition coefficient (Wildman–Crippen LogP) is 4.18. The Bertz CT molecular complexity index is 1080. The maximum atomic E-state index is 12.6. The quantitative estimate of drug-likeness (QED) is 0.516. The van der Waals surface area contributed by atoms with E-state index < -0.39 is 10.8 Å². The summed E-state index contributed by atoms with van der Waals surface area (Å²) in [4.78, 5) is 28.7. The predicted molar refractivity (Wildman–Crippen MR) is 102 cm³/mol. The second-order valence-electron chi connectivity index (χ2n) is 6.02. The first-order valence-corrected chi connectivity index (χ1v) is 9.09. The molecule has 0 spiro atoms. The lowest BCUT2D eigenvalue weighted by Gasteiger charge is -2.05. The summed E-state index contributed by atoms with van der Waals surface area (Å²) in [7, 11) is 0. The molecule has 0 saturated heterocycles. The number of carbonyl (C=O) groups excluding carboxylic acids is 1. The van der Waals surface area contributed by atoms with Crippen LogP contribution in [0.25, 0.3) is 10.2 Å². The van der Waals surface area contributed by atoms with Crippen LogP contribution in [0.4, 0.5) is 17.1 Å². The maximum Gasteiger partial charge on any atom is 0.289 e. The van der Waals surface area contributed by atoms with Crippen molar-refractivity contribution in [3.8, 4) is 0 Å². The summed E-state index contributed by atoms with van der Waals surface area (Å²) in [5.41, 5.74) is 8.81. The van der Waals surface area contributed by atoms with Crippen LogP contribution in [0.1, 0.15) is 27.3 Å². The molecule has 0 aliphatic heterocycles. The summed E-state index contributed by atoms with van der Waals surface area (Å²) >= 11 is 7.01. The van der Waals surface area contributed by atoms with E-state index in [1.165, 1.54) is 35.1 Å². The number of nitrogens with one attached hydrogen (secondary N) is 1. The van der Waals surface area contributed by atoms with Gasteiger partial charge in [0.2, 0.25) is 0 Å². The molecule has 0 radical (unpaired) electrons. The standard InChI is InChI=1S/C17H13ClN4O3S/c18-11-5-4-9(7-13(11)22(24)25)20-16(23)15-14(19)10-6-8-2-1-3-12(8)21-17(10)26-15/h4-7H,1-3,19H2,(H,20,23). The number of nitrogens with two attached hydrogens (primary N) is 1. The molecule has 0 atom stereocenters. The van der Waals surface area contributed by atoms with Gasteiger partial charge < -0.3 is 11.1 Å². The summed E-state index contributed by atoms with van der Waals surface area (Å²) in [6.07, 6.45) is 3.00. The number of hydrogen-bond acceptors (Lipinski definition) is 6. The van der Waals surface area contributed by atoms with E-state index in [4.69, 9.17) is 17.3 Å². The highest BCUT2D eigenvalue weighted by Crippen LogP contribution is 2.36. The van der Waals surface area contributed by atoms with Gasteiger partial charge >= 0.3 is 0 Å². The van der Waals surface area contributed by atoms with E-state index in [0.717, 1.165) is 35.2 Å². The molecule has 0 unspecified atom stereocenters. The Kier molecular flexibility index (Phi) is 4.01. The molecule has 132 valence electrons. The van der Waals surface area contributed by atoms with Crippen molar-refractivity contribution in [2.45, 2.75) is 19.3 Å². The van der Waals surface area contributed by atoms with Crippen molar-refractivity contribution < 1.29 is 9.72 Å². The average molecular weight is 389 g/mol. The summed E-state index contributed by atoms with van der Waals surface area (Å²) < 4.78 is 0. The molecule has 0 fully saturated rings. The smallest absolute Gasteiger partial charge is 0.289 e. The largest absolute Gasteiger partial charge is 0.397 e. The highest BCUT2D eigenvalue weighted by Gasteiger charge is 2.22. The Morgan fingerprint density at radius 3 is 2.92 bits per heavy atom. The number of fused-ring (bicyclic) bond motifs is 2. The number of benzene rings is 1. The summed E-state index contributed by atoms with van der Waals surface area (Å²) in [5, 5.41) is 14.4. The molecule has 1 aliphatic rings. The fourth-order valence-electron chi connectivity index (χ4n) is 3.08. The fourth-order valence-corrected chi connectivity index (χ4v) is 4.26. The van der Waals surface area contributed by atoms with Crippen LogP contribution in [0, 0.1) is 10.1 Å². The number of nitro groups is 1. The van der Waals surface area contributed by atoms with Crippen LogP contribution in [-0.4, -0.2) is 15.8 Å². The first kappa shape index (κ1) is 16.7. The zero-order valence-corrected chi connectivity index (χ0v) is 15.0. The lowest BCUT2D eigenvalue weighted by Crippen LogP contribution is -2.12. The first-order valence-electron chi connectivity index (χ1n) is 7.90. The second kappa shape index (κ2) is 6.22. The number of halogens is 1. The number of amides is 1. The number of nitro benzene ring substituents is 1. The third-order valence-electron chi connectivity index (χ3n) is 4.36. The van der Waals surface area contributed by atoms with Gasteiger partial charge in [0, 0.05) is 22.8 Å². The minimum atomic E-state index is -0.600. The molecule has 3 N–H and O–H groups in total. The van der Waals surface area contributed by atoms with E-state index in [9.17, 15) is 14.9 Å². The highest BCUT2D eigenvalue weighted by atomic mass is 35.5. The second-order valence-corrected chi connectivity index (χ2v) is 7.43. The molecular weight excluding hydrogens is 376 g/mol. The molecule has 2 heterocycles. The molecule has 0 bridgehead atoms. The van der Waals surface area contributed by atoms with Crippen molar-refractivity contribution in [3.05, 3.63) is 55.5 Å². The Hall–Kier alpha value is -2.71. The molecule has 7 nitrogen and oxygen atoms in total. The monoisotopic (exact) mass is 388 g/mol. The van der Waals surface area contributed by atoms with Gasteiger partial charge in [-0.1, -0.05) is 11.6 Å². The molecule has 3 aromatic rings. The van der Waals surface area contributed by atoms with Crippen molar-refractivity contribution in [3.63, 3.8) is 0 Å². The molecule has 2 aromatic heterocycles. The van der Waals surface area contributed by atoms with Gasteiger partial charge in [-0.3, -0.25) is 14.9 Å². The van der Waals surface area contributed by atoms with Gasteiger partial charge in [0.05, 0.1) is 10.6 Å². The number of hydrogen-bond donors (Lipinski definition) is 2. The summed E-state index contributed by atoms with van der Waals surface area (Å²) in [6, 6.07) is 6.11. The average Bonchev–Trinajstić information content (AvgIpc) is 3.18. The third kappa shape index (κ3) is 2.77. The van der Waals surface area contributed by atoms with Gasteiger partial charge in [-0.25, -0.2) is 4.98 Å². The molecule has 0 saturated carbocycles. The molecule has 26 heavy (non-hydrogen) atoms. The molecule has 4 rings (SSSR count). The molecule has 9 heteroatoms. The number of thiophene rings is 1. The van der Waals surface area contributed by atoms with Crippen LogP contribution in [0.3, 0.4) is 0 Å². The minimum absolute atomic E-state index is 0.00749. The zero-order valence-electron chi connectivity index (χ0n) is 13.4. The van der Waals surface area contributed by atoms with Crippen LogP contribution in [-0.2, 0) is 12.8 Å². The van der Waals surface area contributed by atoms with E-state index >= 15 is 0 Å².